The van der Waals surface area contributed by atoms with E-state index in [-0.39, 0.29) is 16.8 Å². The normalized spacial score (nSPS) is 14.7. The van der Waals surface area contributed by atoms with Crippen LogP contribution >= 0.6 is 0 Å². The van der Waals surface area contributed by atoms with Crippen molar-refractivity contribution in [3.05, 3.63) is 90.9 Å². The number of hydrogen-bond acceptors (Lipinski definition) is 8. The van der Waals surface area contributed by atoms with Crippen molar-refractivity contribution in [1.82, 2.24) is 19.9 Å². The highest BCUT2D eigenvalue weighted by atomic mass is 32.2. The number of pyridine rings is 1. The molecule has 1 aliphatic rings. The molecule has 0 radical (unpaired) electrons. The van der Waals surface area contributed by atoms with Crippen molar-refractivity contribution in [2.24, 2.45) is 0 Å². The summed E-state index contributed by atoms with van der Waals surface area (Å²) < 4.78 is 19.6. The van der Waals surface area contributed by atoms with Gasteiger partial charge in [-0.15, -0.1) is 0 Å². The number of nitrogens with zero attached hydrogens (tertiary/aromatic N) is 5. The first-order chi connectivity index (χ1) is 18.1. The van der Waals surface area contributed by atoms with E-state index < -0.39 is 10.8 Å². The van der Waals surface area contributed by atoms with Crippen molar-refractivity contribution >= 4 is 28.2 Å². The smallest absolute Gasteiger partial charge is 0.264 e. The average Bonchev–Trinajstić information content (AvgIpc) is 2.94. The molecule has 1 fully saturated rings. The van der Waals surface area contributed by atoms with Crippen molar-refractivity contribution in [2.75, 3.05) is 43.4 Å². The zero-order valence-corrected chi connectivity index (χ0v) is 21.1. The van der Waals surface area contributed by atoms with Crippen LogP contribution in [-0.2, 0) is 10.8 Å². The Hall–Kier alpha value is -4.15. The van der Waals surface area contributed by atoms with E-state index in [0.29, 0.717) is 27.7 Å². The van der Waals surface area contributed by atoms with Crippen LogP contribution in [0, 0.1) is 0 Å². The van der Waals surface area contributed by atoms with E-state index in [1.807, 2.05) is 6.07 Å². The van der Waals surface area contributed by atoms with E-state index in [1.54, 1.807) is 73.1 Å². The van der Waals surface area contributed by atoms with Crippen molar-refractivity contribution in [1.29, 1.82) is 0 Å². The van der Waals surface area contributed by atoms with Gasteiger partial charge in [0.1, 0.15) is 16.5 Å². The van der Waals surface area contributed by atoms with Gasteiger partial charge in [0.05, 0.1) is 6.20 Å². The van der Waals surface area contributed by atoms with Crippen molar-refractivity contribution < 1.29 is 13.7 Å². The Kier molecular flexibility index (Phi) is 7.48. The highest BCUT2D eigenvalue weighted by Gasteiger charge is 2.23. The van der Waals surface area contributed by atoms with Crippen LogP contribution in [-0.4, -0.2) is 63.2 Å². The molecule has 188 valence electrons. The number of ether oxygens (including phenoxy) is 1. The van der Waals surface area contributed by atoms with Gasteiger partial charge < -0.3 is 19.9 Å². The SMILES string of the molecule is CN1CCN(c2ncc(S(=O)c3cccc(NC(=O)c4ccccc4)c3)nc2Oc2ccncc2)CC1. The first-order valence-corrected chi connectivity index (χ1v) is 13.0. The van der Waals surface area contributed by atoms with Gasteiger partial charge in [0.25, 0.3) is 11.8 Å². The lowest BCUT2D eigenvalue weighted by Crippen LogP contribution is -2.45. The molecule has 1 saturated heterocycles. The van der Waals surface area contributed by atoms with E-state index in [9.17, 15) is 9.00 Å². The summed E-state index contributed by atoms with van der Waals surface area (Å²) in [6.07, 6.45) is 4.80. The van der Waals surface area contributed by atoms with Crippen LogP contribution in [0.2, 0.25) is 0 Å². The second kappa shape index (κ2) is 11.3. The van der Waals surface area contributed by atoms with Crippen LogP contribution in [0.15, 0.2) is 95.2 Å². The predicted molar refractivity (Wildman–Crippen MR) is 142 cm³/mol. The molecule has 4 aromatic rings. The molecule has 2 aromatic carbocycles. The number of nitrogens with one attached hydrogen (secondary N) is 1. The van der Waals surface area contributed by atoms with E-state index in [0.717, 1.165) is 26.2 Å². The van der Waals surface area contributed by atoms with Crippen LogP contribution in [0.1, 0.15) is 10.4 Å². The molecule has 9 nitrogen and oxygen atoms in total. The molecule has 0 saturated carbocycles. The molecule has 1 aliphatic heterocycles. The number of likely N-dealkylation sites (N-methyl/N-ethyl adjacent to an activating group) is 1. The number of piperazine rings is 1. The Morgan fingerprint density at radius 3 is 2.49 bits per heavy atom. The third kappa shape index (κ3) is 5.99. The lowest BCUT2D eigenvalue weighted by molar-refractivity contribution is 0.102. The fourth-order valence-corrected chi connectivity index (χ4v) is 4.86. The van der Waals surface area contributed by atoms with E-state index in [4.69, 9.17) is 4.74 Å². The molecule has 0 aliphatic carbocycles. The molecule has 37 heavy (non-hydrogen) atoms. The highest BCUT2D eigenvalue weighted by molar-refractivity contribution is 7.85. The minimum absolute atomic E-state index is 0.243. The lowest BCUT2D eigenvalue weighted by atomic mass is 10.2. The average molecular weight is 515 g/mol. The van der Waals surface area contributed by atoms with Crippen molar-refractivity contribution in [2.45, 2.75) is 9.92 Å². The van der Waals surface area contributed by atoms with Crippen molar-refractivity contribution in [3.8, 4) is 11.6 Å². The fourth-order valence-electron chi connectivity index (χ4n) is 3.86. The number of aromatic nitrogens is 3. The first kappa shape index (κ1) is 24.5. The summed E-state index contributed by atoms with van der Waals surface area (Å²) in [6, 6.07) is 19.3. The van der Waals surface area contributed by atoms with Gasteiger partial charge in [0, 0.05) is 54.7 Å². The minimum atomic E-state index is -1.65. The molecule has 5 rings (SSSR count). The fraction of sp³-hybridized carbons (Fsp3) is 0.185. The Labute approximate surface area is 217 Å². The molecule has 2 aromatic heterocycles. The number of anilines is 2. The maximum absolute atomic E-state index is 13.5. The van der Waals surface area contributed by atoms with Crippen LogP contribution in [0.4, 0.5) is 11.5 Å². The quantitative estimate of drug-likeness (QED) is 0.397. The summed E-state index contributed by atoms with van der Waals surface area (Å²) >= 11 is 0. The lowest BCUT2D eigenvalue weighted by Gasteiger charge is -2.33. The molecular weight excluding hydrogens is 488 g/mol. The minimum Gasteiger partial charge on any atom is -0.436 e. The number of hydrogen-bond donors (Lipinski definition) is 1. The molecule has 3 heterocycles. The maximum atomic E-state index is 13.5. The van der Waals surface area contributed by atoms with Gasteiger partial charge in [-0.2, -0.15) is 4.98 Å². The third-order valence-electron chi connectivity index (χ3n) is 5.90. The monoisotopic (exact) mass is 514 g/mol. The summed E-state index contributed by atoms with van der Waals surface area (Å²) in [7, 11) is 0.436. The van der Waals surface area contributed by atoms with E-state index in [2.05, 4.69) is 37.1 Å². The molecule has 0 bridgehead atoms. The summed E-state index contributed by atoms with van der Waals surface area (Å²) in [4.78, 5) is 30.7. The maximum Gasteiger partial charge on any atom is 0.264 e. The standard InChI is InChI=1S/C27H26N6O3S/c1-32-14-16-33(17-15-32)25-27(36-22-10-12-28-13-11-22)31-24(19-29-25)37(35)23-9-5-8-21(18-23)30-26(34)20-6-3-2-4-7-20/h2-13,18-19H,14-17H2,1H3,(H,30,34). The number of carbonyl (C=O) groups excluding carboxylic acids is 1. The second-order valence-corrected chi connectivity index (χ2v) is 9.96. The van der Waals surface area contributed by atoms with Crippen LogP contribution in [0.5, 0.6) is 11.6 Å². The van der Waals surface area contributed by atoms with Gasteiger partial charge in [-0.3, -0.25) is 9.78 Å². The predicted octanol–water partition coefficient (Wildman–Crippen LogP) is 3.83. The molecule has 1 unspecified atom stereocenters. The van der Waals surface area contributed by atoms with Gasteiger partial charge in [0.2, 0.25) is 0 Å². The Morgan fingerprint density at radius 1 is 0.973 bits per heavy atom. The summed E-state index contributed by atoms with van der Waals surface area (Å²) in [6.45, 7) is 3.35. The molecule has 0 spiro atoms. The second-order valence-electron chi connectivity index (χ2n) is 8.53. The number of amides is 1. The third-order valence-corrected chi connectivity index (χ3v) is 7.16. The van der Waals surface area contributed by atoms with Gasteiger partial charge >= 0.3 is 0 Å². The number of benzene rings is 2. The van der Waals surface area contributed by atoms with Crippen LogP contribution < -0.4 is 15.0 Å². The summed E-state index contributed by atoms with van der Waals surface area (Å²) in [5.74, 6) is 1.21. The molecule has 1 amide bonds. The van der Waals surface area contributed by atoms with Crippen molar-refractivity contribution in [3.63, 3.8) is 0 Å². The van der Waals surface area contributed by atoms with E-state index >= 15 is 0 Å². The van der Waals surface area contributed by atoms with Gasteiger partial charge in [-0.25, -0.2) is 9.19 Å². The Balaban J connectivity index is 1.41. The van der Waals surface area contributed by atoms with Gasteiger partial charge in [-0.05, 0) is 49.5 Å². The molecular formula is C27H26N6O3S. The zero-order chi connectivity index (χ0) is 25.6. The first-order valence-electron chi connectivity index (χ1n) is 11.8. The molecule has 1 atom stereocenters. The van der Waals surface area contributed by atoms with Crippen LogP contribution in [0.3, 0.4) is 0 Å². The summed E-state index contributed by atoms with van der Waals surface area (Å²) in [5.41, 5.74) is 1.08. The number of carbonyl (C=O) groups is 1. The zero-order valence-electron chi connectivity index (χ0n) is 20.3. The van der Waals surface area contributed by atoms with Gasteiger partial charge in [-0.1, -0.05) is 24.3 Å². The molecule has 1 N–H and O–H groups in total. The summed E-state index contributed by atoms with van der Waals surface area (Å²) in [5, 5.41) is 3.11. The number of rotatable bonds is 7. The topological polar surface area (TPSA) is 101 Å². The molecule has 10 heteroatoms. The van der Waals surface area contributed by atoms with Crippen LogP contribution in [0.25, 0.3) is 0 Å². The highest BCUT2D eigenvalue weighted by Crippen LogP contribution is 2.31. The van der Waals surface area contributed by atoms with E-state index in [1.165, 1.54) is 6.20 Å². The largest absolute Gasteiger partial charge is 0.436 e. The Bertz CT molecular complexity index is 1400. The Morgan fingerprint density at radius 2 is 1.73 bits per heavy atom. The van der Waals surface area contributed by atoms with Gasteiger partial charge in [0.15, 0.2) is 10.8 Å².